The second-order valence-corrected chi connectivity index (χ2v) is 4.70. The molecule has 3 heteroatoms. The quantitative estimate of drug-likeness (QED) is 0.761. The monoisotopic (exact) mass is 237 g/mol. The molecule has 3 nitrogen and oxygen atoms in total. The zero-order chi connectivity index (χ0) is 12.7. The lowest BCUT2D eigenvalue weighted by atomic mass is 10.1. The average Bonchev–Trinajstić information content (AvgIpc) is 2.29. The molecule has 0 aromatic heterocycles. The molecular weight excluding hydrogens is 214 g/mol. The lowest BCUT2D eigenvalue weighted by molar-refractivity contribution is 0.123. The SMILES string of the molecule is COCc1cccc(CNCC(O)C(C)C)c1. The standard InChI is InChI=1S/C14H23NO2/c1-11(2)14(16)9-15-8-12-5-4-6-13(7-12)10-17-3/h4-7,11,14-16H,8-10H2,1-3H3. The van der Waals surface area contributed by atoms with Gasteiger partial charge in [-0.05, 0) is 17.0 Å². The molecule has 0 heterocycles. The molecule has 1 aromatic rings. The van der Waals surface area contributed by atoms with E-state index in [2.05, 4.69) is 23.5 Å². The Kier molecular flexibility index (Phi) is 6.19. The fourth-order valence-electron chi connectivity index (χ4n) is 1.60. The van der Waals surface area contributed by atoms with E-state index in [0.717, 1.165) is 6.54 Å². The Balaban J connectivity index is 2.38. The van der Waals surface area contributed by atoms with E-state index in [1.54, 1.807) is 7.11 Å². The number of nitrogens with one attached hydrogen (secondary N) is 1. The van der Waals surface area contributed by atoms with Crippen LogP contribution in [0.3, 0.4) is 0 Å². The second-order valence-electron chi connectivity index (χ2n) is 4.70. The number of rotatable bonds is 7. The molecule has 1 atom stereocenters. The first-order chi connectivity index (χ1) is 8.13. The Hall–Kier alpha value is -0.900. The van der Waals surface area contributed by atoms with Gasteiger partial charge in [0, 0.05) is 20.2 Å². The maximum Gasteiger partial charge on any atom is 0.0713 e. The lowest BCUT2D eigenvalue weighted by Crippen LogP contribution is -2.30. The summed E-state index contributed by atoms with van der Waals surface area (Å²) in [7, 11) is 1.70. The minimum absolute atomic E-state index is 0.280. The van der Waals surface area contributed by atoms with Crippen molar-refractivity contribution in [3.8, 4) is 0 Å². The highest BCUT2D eigenvalue weighted by atomic mass is 16.5. The van der Waals surface area contributed by atoms with Crippen LogP contribution in [-0.4, -0.2) is 24.9 Å². The van der Waals surface area contributed by atoms with Crippen molar-refractivity contribution < 1.29 is 9.84 Å². The van der Waals surface area contributed by atoms with Crippen LogP contribution in [0, 0.1) is 5.92 Å². The third-order valence-corrected chi connectivity index (χ3v) is 2.75. The summed E-state index contributed by atoms with van der Waals surface area (Å²) in [6, 6.07) is 8.28. The van der Waals surface area contributed by atoms with E-state index in [-0.39, 0.29) is 6.10 Å². The summed E-state index contributed by atoms with van der Waals surface area (Å²) in [4.78, 5) is 0. The van der Waals surface area contributed by atoms with Crippen LogP contribution in [0.4, 0.5) is 0 Å². The Labute approximate surface area is 104 Å². The Morgan fingerprint density at radius 1 is 1.29 bits per heavy atom. The smallest absolute Gasteiger partial charge is 0.0713 e. The van der Waals surface area contributed by atoms with Gasteiger partial charge in [-0.15, -0.1) is 0 Å². The van der Waals surface area contributed by atoms with Crippen molar-refractivity contribution in [1.82, 2.24) is 5.32 Å². The molecule has 0 saturated carbocycles. The topological polar surface area (TPSA) is 41.5 Å². The molecular formula is C14H23NO2. The molecule has 1 aromatic carbocycles. The van der Waals surface area contributed by atoms with E-state index in [9.17, 15) is 5.11 Å². The molecule has 0 aliphatic rings. The second kappa shape index (κ2) is 7.43. The van der Waals surface area contributed by atoms with Gasteiger partial charge in [0.2, 0.25) is 0 Å². The third kappa shape index (κ3) is 5.31. The van der Waals surface area contributed by atoms with Gasteiger partial charge in [-0.3, -0.25) is 0 Å². The Bertz CT molecular complexity index is 326. The lowest BCUT2D eigenvalue weighted by Gasteiger charge is -2.15. The first kappa shape index (κ1) is 14.2. The van der Waals surface area contributed by atoms with Crippen molar-refractivity contribution in [2.75, 3.05) is 13.7 Å². The van der Waals surface area contributed by atoms with Crippen LogP contribution in [0.1, 0.15) is 25.0 Å². The van der Waals surface area contributed by atoms with Gasteiger partial charge < -0.3 is 15.2 Å². The number of benzene rings is 1. The maximum atomic E-state index is 9.66. The largest absolute Gasteiger partial charge is 0.392 e. The van der Waals surface area contributed by atoms with Crippen molar-refractivity contribution in [1.29, 1.82) is 0 Å². The van der Waals surface area contributed by atoms with Gasteiger partial charge in [-0.2, -0.15) is 0 Å². The van der Waals surface area contributed by atoms with Crippen molar-refractivity contribution in [3.05, 3.63) is 35.4 Å². The van der Waals surface area contributed by atoms with Gasteiger partial charge in [0.1, 0.15) is 0 Å². The van der Waals surface area contributed by atoms with E-state index in [4.69, 9.17) is 4.74 Å². The average molecular weight is 237 g/mol. The van der Waals surface area contributed by atoms with Crippen LogP contribution in [0.25, 0.3) is 0 Å². The van der Waals surface area contributed by atoms with E-state index in [0.29, 0.717) is 19.1 Å². The number of hydrogen-bond acceptors (Lipinski definition) is 3. The Morgan fingerprint density at radius 3 is 2.65 bits per heavy atom. The summed E-state index contributed by atoms with van der Waals surface area (Å²) in [5, 5.41) is 12.9. The van der Waals surface area contributed by atoms with Crippen molar-refractivity contribution in [2.45, 2.75) is 33.1 Å². The molecule has 96 valence electrons. The van der Waals surface area contributed by atoms with Crippen LogP contribution >= 0.6 is 0 Å². The molecule has 0 bridgehead atoms. The van der Waals surface area contributed by atoms with E-state index in [1.165, 1.54) is 11.1 Å². The van der Waals surface area contributed by atoms with E-state index >= 15 is 0 Å². The number of ether oxygens (including phenoxy) is 1. The minimum Gasteiger partial charge on any atom is -0.392 e. The molecule has 0 saturated heterocycles. The summed E-state index contributed by atoms with van der Waals surface area (Å²) in [5.41, 5.74) is 2.40. The normalized spacial score (nSPS) is 13.0. The maximum absolute atomic E-state index is 9.66. The number of methoxy groups -OCH3 is 1. The summed E-state index contributed by atoms with van der Waals surface area (Å²) >= 11 is 0. The number of aliphatic hydroxyl groups excluding tert-OH is 1. The predicted molar refractivity (Wildman–Crippen MR) is 69.7 cm³/mol. The van der Waals surface area contributed by atoms with E-state index in [1.807, 2.05) is 19.9 Å². The molecule has 1 rings (SSSR count). The minimum atomic E-state index is -0.280. The first-order valence-electron chi connectivity index (χ1n) is 6.09. The molecule has 0 amide bonds. The molecule has 1 unspecified atom stereocenters. The molecule has 0 radical (unpaired) electrons. The summed E-state index contributed by atoms with van der Waals surface area (Å²) < 4.78 is 5.10. The van der Waals surface area contributed by atoms with Crippen molar-refractivity contribution in [2.24, 2.45) is 5.92 Å². The summed E-state index contributed by atoms with van der Waals surface area (Å²) in [6.07, 6.45) is -0.280. The first-order valence-corrected chi connectivity index (χ1v) is 6.09. The fraction of sp³-hybridized carbons (Fsp3) is 0.571. The third-order valence-electron chi connectivity index (χ3n) is 2.75. The predicted octanol–water partition coefficient (Wildman–Crippen LogP) is 1.94. The number of hydrogen-bond donors (Lipinski definition) is 2. The zero-order valence-electron chi connectivity index (χ0n) is 10.9. The van der Waals surface area contributed by atoms with Crippen molar-refractivity contribution >= 4 is 0 Å². The van der Waals surface area contributed by atoms with Crippen LogP contribution in [-0.2, 0) is 17.9 Å². The molecule has 0 aliphatic heterocycles. The molecule has 0 fully saturated rings. The number of aliphatic hydroxyl groups is 1. The van der Waals surface area contributed by atoms with Gasteiger partial charge >= 0.3 is 0 Å². The highest BCUT2D eigenvalue weighted by Crippen LogP contribution is 2.06. The summed E-state index contributed by atoms with van der Waals surface area (Å²) in [5.74, 6) is 0.294. The highest BCUT2D eigenvalue weighted by Gasteiger charge is 2.07. The van der Waals surface area contributed by atoms with E-state index < -0.39 is 0 Å². The Morgan fingerprint density at radius 2 is 2.00 bits per heavy atom. The zero-order valence-corrected chi connectivity index (χ0v) is 10.9. The molecule has 2 N–H and O–H groups in total. The highest BCUT2D eigenvalue weighted by molar-refractivity contribution is 5.22. The van der Waals surface area contributed by atoms with Gasteiger partial charge in [0.15, 0.2) is 0 Å². The summed E-state index contributed by atoms with van der Waals surface area (Å²) in [6.45, 7) is 6.09. The van der Waals surface area contributed by atoms with Crippen LogP contribution in [0.5, 0.6) is 0 Å². The fourth-order valence-corrected chi connectivity index (χ4v) is 1.60. The van der Waals surface area contributed by atoms with Gasteiger partial charge in [0.05, 0.1) is 12.7 Å². The van der Waals surface area contributed by atoms with Crippen LogP contribution in [0.2, 0.25) is 0 Å². The van der Waals surface area contributed by atoms with Gasteiger partial charge in [0.25, 0.3) is 0 Å². The van der Waals surface area contributed by atoms with Crippen LogP contribution in [0.15, 0.2) is 24.3 Å². The van der Waals surface area contributed by atoms with Crippen molar-refractivity contribution in [3.63, 3.8) is 0 Å². The molecule has 0 spiro atoms. The molecule has 0 aliphatic carbocycles. The molecule has 17 heavy (non-hydrogen) atoms. The van der Waals surface area contributed by atoms with Gasteiger partial charge in [-0.1, -0.05) is 38.1 Å². The van der Waals surface area contributed by atoms with Gasteiger partial charge in [-0.25, -0.2) is 0 Å². The van der Waals surface area contributed by atoms with Crippen LogP contribution < -0.4 is 5.32 Å².